The van der Waals surface area contributed by atoms with E-state index in [0.717, 1.165) is 40.3 Å². The van der Waals surface area contributed by atoms with Crippen molar-refractivity contribution in [1.82, 2.24) is 15.0 Å². The van der Waals surface area contributed by atoms with E-state index < -0.39 is 0 Å². The molecule has 2 heterocycles. The lowest BCUT2D eigenvalue weighted by molar-refractivity contribution is 0.992. The van der Waals surface area contributed by atoms with Gasteiger partial charge < -0.3 is 5.32 Å². The van der Waals surface area contributed by atoms with Crippen molar-refractivity contribution in [3.63, 3.8) is 0 Å². The second kappa shape index (κ2) is 5.34. The summed E-state index contributed by atoms with van der Waals surface area (Å²) in [5, 5.41) is 3.15. The maximum atomic E-state index is 4.60. The molecule has 19 heavy (non-hydrogen) atoms. The summed E-state index contributed by atoms with van der Waals surface area (Å²) in [7, 11) is 1.89. The third-order valence-electron chi connectivity index (χ3n) is 3.23. The van der Waals surface area contributed by atoms with Crippen molar-refractivity contribution in [1.29, 1.82) is 0 Å². The van der Waals surface area contributed by atoms with E-state index >= 15 is 0 Å². The third-order valence-corrected chi connectivity index (χ3v) is 3.23. The normalized spacial score (nSPS) is 10.6. The Kier molecular flexibility index (Phi) is 3.79. The summed E-state index contributed by atoms with van der Waals surface area (Å²) >= 11 is 0. The number of nitrogens with one attached hydrogen (secondary N) is 1. The van der Waals surface area contributed by atoms with E-state index in [1.54, 1.807) is 0 Å². The first-order valence-corrected chi connectivity index (χ1v) is 6.55. The molecule has 0 aliphatic heterocycles. The minimum atomic E-state index is 0.691. The molecule has 2 rings (SSSR count). The molecule has 1 N–H and O–H groups in total. The monoisotopic (exact) mass is 256 g/mol. The highest BCUT2D eigenvalue weighted by Crippen LogP contribution is 2.23. The molecule has 0 aliphatic rings. The Balaban J connectivity index is 2.60. The second-order valence-electron chi connectivity index (χ2n) is 4.74. The molecule has 0 unspecified atom stereocenters. The average Bonchev–Trinajstić information content (AvgIpc) is 2.37. The van der Waals surface area contributed by atoms with Crippen LogP contribution < -0.4 is 5.32 Å². The fourth-order valence-corrected chi connectivity index (χ4v) is 2.28. The highest BCUT2D eigenvalue weighted by molar-refractivity contribution is 5.59. The minimum absolute atomic E-state index is 0.691. The van der Waals surface area contributed by atoms with E-state index in [2.05, 4.69) is 33.3 Å². The molecule has 0 aromatic carbocycles. The molecule has 0 atom stereocenters. The zero-order chi connectivity index (χ0) is 14.0. The molecular weight excluding hydrogens is 236 g/mol. The fourth-order valence-electron chi connectivity index (χ4n) is 2.28. The second-order valence-corrected chi connectivity index (χ2v) is 4.74. The van der Waals surface area contributed by atoms with Gasteiger partial charge in [-0.15, -0.1) is 0 Å². The molecule has 0 spiro atoms. The summed E-state index contributed by atoms with van der Waals surface area (Å²) in [5.41, 5.74) is 5.28. The predicted molar refractivity (Wildman–Crippen MR) is 78.4 cm³/mol. The van der Waals surface area contributed by atoms with Gasteiger partial charge in [0, 0.05) is 24.5 Å². The Bertz CT molecular complexity index is 605. The minimum Gasteiger partial charge on any atom is -0.373 e. The SMILES string of the molecule is CCc1c(C)nc(-c2ncc(C)cc2C)nc1NC. The highest BCUT2D eigenvalue weighted by Gasteiger charge is 2.13. The summed E-state index contributed by atoms with van der Waals surface area (Å²) in [6.07, 6.45) is 2.77. The molecule has 0 fully saturated rings. The summed E-state index contributed by atoms with van der Waals surface area (Å²) < 4.78 is 0. The number of aryl methyl sites for hydroxylation is 3. The van der Waals surface area contributed by atoms with Crippen LogP contribution in [-0.2, 0) is 6.42 Å². The molecule has 0 saturated heterocycles. The molecule has 0 radical (unpaired) electrons. The van der Waals surface area contributed by atoms with Crippen molar-refractivity contribution in [3.05, 3.63) is 34.6 Å². The van der Waals surface area contributed by atoms with Gasteiger partial charge in [-0.25, -0.2) is 9.97 Å². The van der Waals surface area contributed by atoms with Gasteiger partial charge in [-0.2, -0.15) is 0 Å². The number of nitrogens with zero attached hydrogens (tertiary/aromatic N) is 3. The number of anilines is 1. The summed E-state index contributed by atoms with van der Waals surface area (Å²) in [4.78, 5) is 13.7. The van der Waals surface area contributed by atoms with Crippen LogP contribution in [0.5, 0.6) is 0 Å². The first kappa shape index (κ1) is 13.5. The zero-order valence-electron chi connectivity index (χ0n) is 12.2. The van der Waals surface area contributed by atoms with E-state index in [9.17, 15) is 0 Å². The van der Waals surface area contributed by atoms with Crippen LogP contribution in [0, 0.1) is 20.8 Å². The largest absolute Gasteiger partial charge is 0.373 e. The molecule has 100 valence electrons. The Morgan fingerprint density at radius 1 is 1.16 bits per heavy atom. The average molecular weight is 256 g/mol. The van der Waals surface area contributed by atoms with Crippen LogP contribution in [0.2, 0.25) is 0 Å². The van der Waals surface area contributed by atoms with E-state index in [4.69, 9.17) is 0 Å². The number of aromatic nitrogens is 3. The van der Waals surface area contributed by atoms with Gasteiger partial charge in [0.05, 0.1) is 0 Å². The topological polar surface area (TPSA) is 50.7 Å². The van der Waals surface area contributed by atoms with Crippen LogP contribution in [0.1, 0.15) is 29.3 Å². The molecular formula is C15H20N4. The van der Waals surface area contributed by atoms with Crippen LogP contribution in [-0.4, -0.2) is 22.0 Å². The van der Waals surface area contributed by atoms with Crippen molar-refractivity contribution in [2.24, 2.45) is 0 Å². The number of pyridine rings is 1. The van der Waals surface area contributed by atoms with Crippen molar-refractivity contribution in [2.45, 2.75) is 34.1 Å². The van der Waals surface area contributed by atoms with Gasteiger partial charge in [0.1, 0.15) is 11.5 Å². The number of rotatable bonds is 3. The lowest BCUT2D eigenvalue weighted by Gasteiger charge is -2.12. The van der Waals surface area contributed by atoms with Crippen molar-refractivity contribution >= 4 is 5.82 Å². The molecule has 0 bridgehead atoms. The lowest BCUT2D eigenvalue weighted by Crippen LogP contribution is -2.06. The fraction of sp³-hybridized carbons (Fsp3) is 0.400. The maximum absolute atomic E-state index is 4.60. The zero-order valence-corrected chi connectivity index (χ0v) is 12.2. The molecule has 2 aromatic rings. The van der Waals surface area contributed by atoms with E-state index in [0.29, 0.717) is 5.82 Å². The van der Waals surface area contributed by atoms with Crippen molar-refractivity contribution in [2.75, 3.05) is 12.4 Å². The van der Waals surface area contributed by atoms with Crippen LogP contribution in [0.15, 0.2) is 12.3 Å². The number of hydrogen-bond donors (Lipinski definition) is 1. The molecule has 0 amide bonds. The summed E-state index contributed by atoms with van der Waals surface area (Å²) in [5.74, 6) is 1.59. The third kappa shape index (κ3) is 2.57. The quantitative estimate of drug-likeness (QED) is 0.917. The molecule has 0 saturated carbocycles. The smallest absolute Gasteiger partial charge is 0.180 e. The predicted octanol–water partition coefficient (Wildman–Crippen LogP) is 3.07. The maximum Gasteiger partial charge on any atom is 0.180 e. The Hall–Kier alpha value is -1.97. The van der Waals surface area contributed by atoms with Gasteiger partial charge in [0.25, 0.3) is 0 Å². The van der Waals surface area contributed by atoms with Gasteiger partial charge in [0.2, 0.25) is 0 Å². The summed E-state index contributed by atoms with van der Waals surface area (Å²) in [6.45, 7) is 8.21. The van der Waals surface area contributed by atoms with E-state index in [1.165, 1.54) is 0 Å². The lowest BCUT2D eigenvalue weighted by atomic mass is 10.1. The van der Waals surface area contributed by atoms with Gasteiger partial charge >= 0.3 is 0 Å². The van der Waals surface area contributed by atoms with E-state index in [-0.39, 0.29) is 0 Å². The Labute approximate surface area is 114 Å². The van der Waals surface area contributed by atoms with Crippen LogP contribution in [0.3, 0.4) is 0 Å². The van der Waals surface area contributed by atoms with Gasteiger partial charge in [0.15, 0.2) is 5.82 Å². The van der Waals surface area contributed by atoms with Crippen LogP contribution in [0.4, 0.5) is 5.82 Å². The molecule has 2 aromatic heterocycles. The van der Waals surface area contributed by atoms with Gasteiger partial charge in [-0.1, -0.05) is 13.0 Å². The Morgan fingerprint density at radius 3 is 2.47 bits per heavy atom. The van der Waals surface area contributed by atoms with Gasteiger partial charge in [-0.3, -0.25) is 4.98 Å². The molecule has 4 heteroatoms. The summed E-state index contributed by atoms with van der Waals surface area (Å²) in [6, 6.07) is 2.10. The van der Waals surface area contributed by atoms with E-state index in [1.807, 2.05) is 34.0 Å². The van der Waals surface area contributed by atoms with Crippen LogP contribution in [0.25, 0.3) is 11.5 Å². The Morgan fingerprint density at radius 2 is 1.89 bits per heavy atom. The first-order valence-electron chi connectivity index (χ1n) is 6.55. The van der Waals surface area contributed by atoms with Gasteiger partial charge in [-0.05, 0) is 38.3 Å². The first-order chi connectivity index (χ1) is 9.06. The molecule has 4 nitrogen and oxygen atoms in total. The van der Waals surface area contributed by atoms with Crippen LogP contribution >= 0.6 is 0 Å². The number of hydrogen-bond acceptors (Lipinski definition) is 4. The van der Waals surface area contributed by atoms with Crippen molar-refractivity contribution in [3.8, 4) is 11.5 Å². The highest BCUT2D eigenvalue weighted by atomic mass is 15.0. The van der Waals surface area contributed by atoms with Crippen molar-refractivity contribution < 1.29 is 0 Å². The molecule has 0 aliphatic carbocycles. The standard InChI is InChI=1S/C15H20N4/c1-6-12-11(4)18-15(19-14(12)16-5)13-10(3)7-9(2)8-17-13/h7-8H,6H2,1-5H3,(H,16,18,19).